The predicted octanol–water partition coefficient (Wildman–Crippen LogP) is 1.53. The third-order valence-electron chi connectivity index (χ3n) is 4.67. The van der Waals surface area contributed by atoms with Crippen molar-refractivity contribution in [2.24, 2.45) is 0 Å². The van der Waals surface area contributed by atoms with Crippen LogP contribution in [0.4, 0.5) is 0 Å². The van der Waals surface area contributed by atoms with Gasteiger partial charge in [0.25, 0.3) is 5.91 Å². The molecule has 1 atom stereocenters. The molecule has 2 aromatic heterocycles. The first-order valence-electron chi connectivity index (χ1n) is 7.73. The number of likely N-dealkylation sites (tertiary alicyclic amines) is 1. The highest BCUT2D eigenvalue weighted by molar-refractivity contribution is 5.97. The molecule has 3 rings (SSSR count). The molecule has 1 amide bonds. The topological polar surface area (TPSA) is 99.8 Å². The molecule has 1 fully saturated rings. The number of carbonyl (C=O) groups excluding carboxylic acids is 1. The Morgan fingerprint density at radius 1 is 1.48 bits per heavy atom. The molecule has 0 unspecified atom stereocenters. The Kier molecular flexibility index (Phi) is 3.93. The van der Waals surface area contributed by atoms with Gasteiger partial charge in [0.1, 0.15) is 0 Å². The van der Waals surface area contributed by atoms with Crippen molar-refractivity contribution in [3.63, 3.8) is 0 Å². The van der Waals surface area contributed by atoms with E-state index < -0.39 is 0 Å². The van der Waals surface area contributed by atoms with Crippen LogP contribution in [0.15, 0.2) is 6.07 Å². The minimum absolute atomic E-state index is 0.0149. The van der Waals surface area contributed by atoms with E-state index in [9.17, 15) is 4.79 Å². The van der Waals surface area contributed by atoms with Crippen LogP contribution in [0.2, 0.25) is 0 Å². The van der Waals surface area contributed by atoms with Crippen LogP contribution in [0, 0.1) is 6.92 Å². The first kappa shape index (κ1) is 15.7. The fraction of sp³-hybridized carbons (Fsp3) is 0.600. The monoisotopic (exact) mass is 318 g/mol. The van der Waals surface area contributed by atoms with Gasteiger partial charge in [-0.1, -0.05) is 0 Å². The van der Waals surface area contributed by atoms with Crippen molar-refractivity contribution in [2.75, 3.05) is 13.7 Å². The van der Waals surface area contributed by atoms with Gasteiger partial charge in [0.15, 0.2) is 0 Å². The van der Waals surface area contributed by atoms with Crippen LogP contribution in [0.1, 0.15) is 42.7 Å². The highest BCUT2D eigenvalue weighted by Gasteiger charge is 2.40. The molecule has 124 valence electrons. The Morgan fingerprint density at radius 3 is 2.91 bits per heavy atom. The molecular weight excluding hydrogens is 296 g/mol. The first-order chi connectivity index (χ1) is 10.9. The van der Waals surface area contributed by atoms with Crippen molar-refractivity contribution in [1.29, 1.82) is 0 Å². The molecule has 0 bridgehead atoms. The van der Waals surface area contributed by atoms with Crippen molar-refractivity contribution >= 4 is 5.91 Å². The second-order valence-electron chi connectivity index (χ2n) is 6.42. The Balaban J connectivity index is 1.88. The smallest absolute Gasteiger partial charge is 0.256 e. The van der Waals surface area contributed by atoms with Gasteiger partial charge in [-0.3, -0.25) is 4.79 Å². The van der Waals surface area contributed by atoms with E-state index in [1.165, 1.54) is 0 Å². The summed E-state index contributed by atoms with van der Waals surface area (Å²) in [6.07, 6.45) is 1.94. The number of amides is 1. The maximum atomic E-state index is 13.0. The lowest BCUT2D eigenvalue weighted by Gasteiger charge is -2.36. The number of nitrogens with zero attached hydrogens (tertiary/aromatic N) is 4. The highest BCUT2D eigenvalue weighted by Crippen LogP contribution is 2.31. The summed E-state index contributed by atoms with van der Waals surface area (Å²) < 4.78 is 5.60. The number of carbonyl (C=O) groups is 1. The molecule has 1 aliphatic rings. The van der Waals surface area contributed by atoms with Crippen LogP contribution in [-0.2, 0) is 4.74 Å². The molecule has 8 heteroatoms. The van der Waals surface area contributed by atoms with Gasteiger partial charge in [0.05, 0.1) is 22.9 Å². The molecule has 2 N–H and O–H groups in total. The highest BCUT2D eigenvalue weighted by atomic mass is 16.5. The van der Waals surface area contributed by atoms with Gasteiger partial charge in [-0.2, -0.15) is 5.21 Å². The van der Waals surface area contributed by atoms with Crippen molar-refractivity contribution in [3.05, 3.63) is 17.3 Å². The zero-order valence-corrected chi connectivity index (χ0v) is 13.9. The summed E-state index contributed by atoms with van der Waals surface area (Å²) in [6, 6.07) is 1.86. The van der Waals surface area contributed by atoms with Crippen LogP contribution in [0.5, 0.6) is 0 Å². The van der Waals surface area contributed by atoms with E-state index in [0.717, 1.165) is 25.1 Å². The molecule has 0 radical (unpaired) electrons. The number of rotatable bonds is 4. The number of H-pyrrole nitrogens is 2. The molecule has 1 aliphatic heterocycles. The normalized spacial score (nSPS) is 18.6. The van der Waals surface area contributed by atoms with E-state index in [4.69, 9.17) is 4.74 Å². The van der Waals surface area contributed by atoms with E-state index in [2.05, 4.69) is 25.6 Å². The molecule has 2 aromatic rings. The van der Waals surface area contributed by atoms with E-state index in [-0.39, 0.29) is 17.6 Å². The number of hydrogen-bond donors (Lipinski definition) is 2. The lowest BCUT2D eigenvalue weighted by Crippen LogP contribution is -2.49. The van der Waals surface area contributed by atoms with Crippen LogP contribution in [0.25, 0.3) is 11.5 Å². The van der Waals surface area contributed by atoms with Gasteiger partial charge >= 0.3 is 0 Å². The number of aromatic amines is 2. The summed E-state index contributed by atoms with van der Waals surface area (Å²) in [5.74, 6) is 0.462. The first-order valence-corrected chi connectivity index (χ1v) is 7.73. The van der Waals surface area contributed by atoms with Gasteiger partial charge in [0.2, 0.25) is 5.82 Å². The summed E-state index contributed by atoms with van der Waals surface area (Å²) in [4.78, 5) is 18.1. The maximum Gasteiger partial charge on any atom is 0.256 e. The summed E-state index contributed by atoms with van der Waals surface area (Å²) in [5, 5.41) is 13.8. The minimum Gasteiger partial charge on any atom is -0.377 e. The molecule has 8 nitrogen and oxygen atoms in total. The van der Waals surface area contributed by atoms with Crippen LogP contribution in [0.3, 0.4) is 0 Å². The van der Waals surface area contributed by atoms with Gasteiger partial charge in [-0.25, -0.2) is 0 Å². The summed E-state index contributed by atoms with van der Waals surface area (Å²) in [6.45, 7) is 6.68. The van der Waals surface area contributed by atoms with Gasteiger partial charge < -0.3 is 14.6 Å². The second kappa shape index (κ2) is 5.77. The average molecular weight is 318 g/mol. The third-order valence-corrected chi connectivity index (χ3v) is 4.67. The number of methoxy groups -OCH3 is 1. The molecule has 0 aromatic carbocycles. The summed E-state index contributed by atoms with van der Waals surface area (Å²) >= 11 is 0. The molecule has 0 spiro atoms. The third kappa shape index (κ3) is 2.74. The summed E-state index contributed by atoms with van der Waals surface area (Å²) in [7, 11) is 1.69. The number of aryl methyl sites for hydroxylation is 1. The maximum absolute atomic E-state index is 13.0. The SMILES string of the molecule is COC(C)(C)[C@H]1CCCN1C(=O)c1cc(-c2nn[nH]n2)[nH]c1C. The zero-order chi connectivity index (χ0) is 16.6. The quantitative estimate of drug-likeness (QED) is 0.890. The van der Waals surface area contributed by atoms with Crippen molar-refractivity contribution in [2.45, 2.75) is 45.3 Å². The van der Waals surface area contributed by atoms with E-state index in [0.29, 0.717) is 17.1 Å². The largest absolute Gasteiger partial charge is 0.377 e. The van der Waals surface area contributed by atoms with Crippen molar-refractivity contribution in [3.8, 4) is 11.5 Å². The van der Waals surface area contributed by atoms with Gasteiger partial charge in [0, 0.05) is 19.3 Å². The number of hydrogen-bond acceptors (Lipinski definition) is 5. The Labute approximate surface area is 134 Å². The number of aromatic nitrogens is 5. The molecule has 23 heavy (non-hydrogen) atoms. The molecule has 1 saturated heterocycles. The fourth-order valence-electron chi connectivity index (χ4n) is 3.20. The lowest BCUT2D eigenvalue weighted by atomic mass is 9.96. The van der Waals surface area contributed by atoms with Gasteiger partial charge in [-0.05, 0) is 44.9 Å². The van der Waals surface area contributed by atoms with Gasteiger partial charge in [-0.15, -0.1) is 10.2 Å². The minimum atomic E-state index is -0.368. The average Bonchev–Trinajstić information content (AvgIpc) is 3.26. The number of ether oxygens (including phenoxy) is 1. The van der Waals surface area contributed by atoms with Crippen LogP contribution in [-0.4, -0.2) is 61.7 Å². The second-order valence-corrected chi connectivity index (χ2v) is 6.42. The fourth-order valence-corrected chi connectivity index (χ4v) is 3.20. The molecule has 3 heterocycles. The summed E-state index contributed by atoms with van der Waals surface area (Å²) in [5.41, 5.74) is 1.76. The zero-order valence-electron chi connectivity index (χ0n) is 13.9. The van der Waals surface area contributed by atoms with Crippen molar-refractivity contribution < 1.29 is 9.53 Å². The van der Waals surface area contributed by atoms with E-state index in [1.54, 1.807) is 13.2 Å². The van der Waals surface area contributed by atoms with E-state index >= 15 is 0 Å². The van der Waals surface area contributed by atoms with Crippen LogP contribution < -0.4 is 0 Å². The number of tetrazole rings is 1. The lowest BCUT2D eigenvalue weighted by molar-refractivity contribution is -0.0344. The number of nitrogens with one attached hydrogen (secondary N) is 2. The Morgan fingerprint density at radius 2 is 2.26 bits per heavy atom. The molecule has 0 saturated carbocycles. The molecular formula is C15H22N6O2. The standard InChI is InChI=1S/C15H22N6O2/c1-9-10(8-11(16-9)13-17-19-20-18-13)14(22)21-7-5-6-12(21)15(2,3)23-4/h8,12,16H,5-7H2,1-4H3,(H,17,18,19,20)/t12-/m1/s1. The predicted molar refractivity (Wildman–Crippen MR) is 83.8 cm³/mol. The Hall–Kier alpha value is -2.22. The Bertz CT molecular complexity index is 691. The van der Waals surface area contributed by atoms with E-state index in [1.807, 2.05) is 25.7 Å². The van der Waals surface area contributed by atoms with Crippen LogP contribution >= 0.6 is 0 Å². The van der Waals surface area contributed by atoms with Crippen molar-refractivity contribution in [1.82, 2.24) is 30.5 Å². The molecule has 0 aliphatic carbocycles.